The molecule has 0 saturated heterocycles. The Morgan fingerprint density at radius 2 is 2.14 bits per heavy atom. The summed E-state index contributed by atoms with van der Waals surface area (Å²) in [6, 6.07) is 11.8. The Bertz CT molecular complexity index is 647. The van der Waals surface area contributed by atoms with Gasteiger partial charge in [0.15, 0.2) is 0 Å². The fraction of sp³-hybridized carbons (Fsp3) is 0.250. The third kappa shape index (κ3) is 2.84. The van der Waals surface area contributed by atoms with Gasteiger partial charge < -0.3 is 14.6 Å². The number of methoxy groups -OCH3 is 1. The quantitative estimate of drug-likeness (QED) is 0.943. The van der Waals surface area contributed by atoms with E-state index in [-0.39, 0.29) is 0 Å². The largest absolute Gasteiger partial charge is 0.496 e. The monoisotopic (exact) mass is 306 g/mol. The van der Waals surface area contributed by atoms with E-state index in [1.54, 1.807) is 11.8 Å². The van der Waals surface area contributed by atoms with E-state index < -0.39 is 18.0 Å². The molecule has 0 fully saturated rings. The van der Waals surface area contributed by atoms with Crippen LogP contribution in [0.1, 0.15) is 11.7 Å². The molecule has 0 aliphatic carbocycles. The number of aliphatic hydroxyl groups is 1. The molecule has 3 nitrogen and oxygen atoms in total. The molecule has 1 aliphatic heterocycles. The van der Waals surface area contributed by atoms with Crippen molar-refractivity contribution in [2.75, 3.05) is 12.9 Å². The molecular weight excluding hydrogens is 291 g/mol. The summed E-state index contributed by atoms with van der Waals surface area (Å²) in [4.78, 5) is 1.05. The Kier molecular flexibility index (Phi) is 4.03. The summed E-state index contributed by atoms with van der Waals surface area (Å²) >= 11 is 1.62. The van der Waals surface area contributed by atoms with Crippen molar-refractivity contribution in [1.29, 1.82) is 0 Å². The Morgan fingerprint density at radius 3 is 2.95 bits per heavy atom. The average molecular weight is 306 g/mol. The molecule has 0 spiro atoms. The number of para-hydroxylation sites is 1. The SMILES string of the molecule is COc1ccc(F)cc1C(O)C1CSc2ccccc2O1. The molecule has 5 heteroatoms. The van der Waals surface area contributed by atoms with Gasteiger partial charge in [0.05, 0.1) is 7.11 Å². The molecule has 0 bridgehead atoms. The smallest absolute Gasteiger partial charge is 0.138 e. The lowest BCUT2D eigenvalue weighted by molar-refractivity contribution is 0.0439. The number of hydrogen-bond donors (Lipinski definition) is 1. The van der Waals surface area contributed by atoms with Crippen molar-refractivity contribution in [3.05, 3.63) is 53.8 Å². The van der Waals surface area contributed by atoms with Crippen LogP contribution in [0.15, 0.2) is 47.4 Å². The summed E-state index contributed by atoms with van der Waals surface area (Å²) in [6.45, 7) is 0. The number of aliphatic hydroxyl groups excluding tert-OH is 1. The van der Waals surface area contributed by atoms with Crippen molar-refractivity contribution in [2.24, 2.45) is 0 Å². The number of fused-ring (bicyclic) bond motifs is 1. The van der Waals surface area contributed by atoms with Gasteiger partial charge in [0.1, 0.15) is 29.5 Å². The zero-order valence-electron chi connectivity index (χ0n) is 11.5. The predicted molar refractivity (Wildman–Crippen MR) is 79.5 cm³/mol. The zero-order chi connectivity index (χ0) is 14.8. The van der Waals surface area contributed by atoms with Gasteiger partial charge in [0.2, 0.25) is 0 Å². The van der Waals surface area contributed by atoms with Gasteiger partial charge in [-0.15, -0.1) is 11.8 Å². The van der Waals surface area contributed by atoms with Gasteiger partial charge in [-0.05, 0) is 30.3 Å². The molecule has 0 aromatic heterocycles. The highest BCUT2D eigenvalue weighted by molar-refractivity contribution is 7.99. The maximum atomic E-state index is 13.4. The van der Waals surface area contributed by atoms with Crippen LogP contribution in [-0.4, -0.2) is 24.1 Å². The standard InChI is InChI=1S/C16H15FO3S/c1-19-12-7-6-10(17)8-11(12)16(18)14-9-21-15-5-3-2-4-13(15)20-14/h2-8,14,16,18H,9H2,1H3. The Balaban J connectivity index is 1.87. The third-order valence-electron chi connectivity index (χ3n) is 3.39. The first kappa shape index (κ1) is 14.2. The van der Waals surface area contributed by atoms with E-state index in [0.29, 0.717) is 17.1 Å². The summed E-state index contributed by atoms with van der Waals surface area (Å²) in [7, 11) is 1.50. The number of thioether (sulfide) groups is 1. The van der Waals surface area contributed by atoms with Gasteiger partial charge in [-0.25, -0.2) is 4.39 Å². The number of ether oxygens (including phenoxy) is 2. The van der Waals surface area contributed by atoms with Gasteiger partial charge in [0, 0.05) is 16.2 Å². The van der Waals surface area contributed by atoms with Crippen LogP contribution >= 0.6 is 11.8 Å². The number of halogens is 1. The van der Waals surface area contributed by atoms with Crippen LogP contribution in [0.4, 0.5) is 4.39 Å². The lowest BCUT2D eigenvalue weighted by Gasteiger charge is -2.29. The van der Waals surface area contributed by atoms with Crippen molar-refractivity contribution in [3.8, 4) is 11.5 Å². The molecule has 21 heavy (non-hydrogen) atoms. The first-order valence-electron chi connectivity index (χ1n) is 6.59. The van der Waals surface area contributed by atoms with Crippen LogP contribution in [0.2, 0.25) is 0 Å². The maximum Gasteiger partial charge on any atom is 0.138 e. The molecule has 1 aliphatic rings. The van der Waals surface area contributed by atoms with Crippen molar-refractivity contribution in [2.45, 2.75) is 17.1 Å². The van der Waals surface area contributed by atoms with E-state index in [2.05, 4.69) is 0 Å². The Morgan fingerprint density at radius 1 is 1.33 bits per heavy atom. The number of rotatable bonds is 3. The first-order chi connectivity index (χ1) is 10.2. The van der Waals surface area contributed by atoms with Crippen LogP contribution in [0.5, 0.6) is 11.5 Å². The highest BCUT2D eigenvalue weighted by Crippen LogP contribution is 2.39. The average Bonchev–Trinajstić information content (AvgIpc) is 2.53. The minimum Gasteiger partial charge on any atom is -0.496 e. The van der Waals surface area contributed by atoms with E-state index >= 15 is 0 Å². The second-order valence-corrected chi connectivity index (χ2v) is 5.81. The molecule has 110 valence electrons. The van der Waals surface area contributed by atoms with Crippen molar-refractivity contribution >= 4 is 11.8 Å². The van der Waals surface area contributed by atoms with Crippen molar-refractivity contribution in [3.63, 3.8) is 0 Å². The Labute approximate surface area is 126 Å². The van der Waals surface area contributed by atoms with Gasteiger partial charge in [-0.2, -0.15) is 0 Å². The van der Waals surface area contributed by atoms with E-state index in [9.17, 15) is 9.50 Å². The summed E-state index contributed by atoms with van der Waals surface area (Å²) < 4.78 is 24.5. The molecule has 1 heterocycles. The highest BCUT2D eigenvalue weighted by Gasteiger charge is 2.30. The fourth-order valence-electron chi connectivity index (χ4n) is 2.33. The first-order valence-corrected chi connectivity index (χ1v) is 7.57. The van der Waals surface area contributed by atoms with Gasteiger partial charge in [-0.1, -0.05) is 12.1 Å². The topological polar surface area (TPSA) is 38.7 Å². The van der Waals surface area contributed by atoms with E-state index in [0.717, 1.165) is 10.6 Å². The van der Waals surface area contributed by atoms with Crippen molar-refractivity contribution in [1.82, 2.24) is 0 Å². The summed E-state index contributed by atoms with van der Waals surface area (Å²) in [5, 5.41) is 10.5. The normalized spacial score (nSPS) is 18.5. The van der Waals surface area contributed by atoms with Crippen LogP contribution in [0.25, 0.3) is 0 Å². The predicted octanol–water partition coefficient (Wildman–Crippen LogP) is 3.42. The molecule has 2 unspecified atom stereocenters. The van der Waals surface area contributed by atoms with E-state index in [1.165, 1.54) is 25.3 Å². The number of benzene rings is 2. The van der Waals surface area contributed by atoms with Gasteiger partial charge >= 0.3 is 0 Å². The lowest BCUT2D eigenvalue weighted by atomic mass is 10.0. The van der Waals surface area contributed by atoms with Crippen LogP contribution in [0, 0.1) is 5.82 Å². The Hall–Kier alpha value is -1.72. The fourth-order valence-corrected chi connectivity index (χ4v) is 3.36. The second kappa shape index (κ2) is 5.95. The minimum absolute atomic E-state index is 0.405. The van der Waals surface area contributed by atoms with Crippen LogP contribution in [0.3, 0.4) is 0 Å². The molecule has 2 aromatic rings. The van der Waals surface area contributed by atoms with Gasteiger partial charge in [-0.3, -0.25) is 0 Å². The highest BCUT2D eigenvalue weighted by atomic mass is 32.2. The molecule has 0 saturated carbocycles. The van der Waals surface area contributed by atoms with E-state index in [1.807, 2.05) is 24.3 Å². The number of hydrogen-bond acceptors (Lipinski definition) is 4. The summed E-state index contributed by atoms with van der Waals surface area (Å²) in [6.07, 6.45) is -1.39. The summed E-state index contributed by atoms with van der Waals surface area (Å²) in [5.74, 6) is 1.39. The van der Waals surface area contributed by atoms with E-state index in [4.69, 9.17) is 9.47 Å². The molecule has 3 rings (SSSR count). The molecule has 0 radical (unpaired) electrons. The second-order valence-electron chi connectivity index (χ2n) is 4.75. The summed E-state index contributed by atoms with van der Waals surface area (Å²) in [5.41, 5.74) is 0.405. The molecule has 1 N–H and O–H groups in total. The molecule has 0 amide bonds. The van der Waals surface area contributed by atoms with Crippen molar-refractivity contribution < 1.29 is 19.0 Å². The molecule has 2 aromatic carbocycles. The maximum absolute atomic E-state index is 13.4. The minimum atomic E-state index is -0.948. The van der Waals surface area contributed by atoms with Crippen LogP contribution < -0.4 is 9.47 Å². The molecule has 2 atom stereocenters. The lowest BCUT2D eigenvalue weighted by Crippen LogP contribution is -2.30. The third-order valence-corrected chi connectivity index (χ3v) is 4.54. The molecular formula is C16H15FO3S. The van der Waals surface area contributed by atoms with Crippen LogP contribution in [-0.2, 0) is 0 Å². The van der Waals surface area contributed by atoms with Gasteiger partial charge in [0.25, 0.3) is 0 Å². The zero-order valence-corrected chi connectivity index (χ0v) is 12.3.